The molecule has 102 valence electrons. The molecule has 0 bridgehead atoms. The first kappa shape index (κ1) is 16.4. The molecule has 0 heterocycles. The number of rotatable bonds is 8. The first-order chi connectivity index (χ1) is 7.87. The summed E-state index contributed by atoms with van der Waals surface area (Å²) in [6, 6.07) is 0. The third-order valence-corrected chi connectivity index (χ3v) is 3.12. The highest BCUT2D eigenvalue weighted by Gasteiger charge is 2.25. The van der Waals surface area contributed by atoms with Crippen molar-refractivity contribution in [2.45, 2.75) is 53.9 Å². The van der Waals surface area contributed by atoms with Crippen LogP contribution in [0.3, 0.4) is 0 Å². The van der Waals surface area contributed by atoms with Crippen LogP contribution in [0.25, 0.3) is 0 Å². The van der Waals surface area contributed by atoms with Gasteiger partial charge in [0.1, 0.15) is 0 Å². The van der Waals surface area contributed by atoms with Crippen molar-refractivity contribution in [3.8, 4) is 0 Å². The third kappa shape index (κ3) is 6.06. The molecule has 0 fully saturated rings. The van der Waals surface area contributed by atoms with Crippen molar-refractivity contribution >= 4 is 5.91 Å². The highest BCUT2D eigenvalue weighted by molar-refractivity contribution is 5.78. The predicted molar refractivity (Wildman–Crippen MR) is 73.8 cm³/mol. The zero-order chi connectivity index (χ0) is 13.5. The summed E-state index contributed by atoms with van der Waals surface area (Å²) in [7, 11) is 0. The topological polar surface area (TPSA) is 46.3 Å². The first-order valence-corrected chi connectivity index (χ1v) is 6.86. The Morgan fingerprint density at radius 3 is 2.29 bits per heavy atom. The van der Waals surface area contributed by atoms with Gasteiger partial charge in [0.2, 0.25) is 5.91 Å². The van der Waals surface area contributed by atoms with Gasteiger partial charge in [-0.25, -0.2) is 0 Å². The summed E-state index contributed by atoms with van der Waals surface area (Å²) in [5, 5.41) is 0. The van der Waals surface area contributed by atoms with E-state index in [0.717, 1.165) is 32.4 Å². The van der Waals surface area contributed by atoms with Crippen molar-refractivity contribution in [1.29, 1.82) is 0 Å². The molecule has 0 aliphatic carbocycles. The van der Waals surface area contributed by atoms with Crippen molar-refractivity contribution in [2.75, 3.05) is 19.6 Å². The molecule has 1 amide bonds. The maximum atomic E-state index is 12.3. The molecule has 0 radical (unpaired) electrons. The van der Waals surface area contributed by atoms with Crippen LogP contribution in [0.15, 0.2) is 0 Å². The standard InChI is InChI=1S/C14H30N2O/c1-6-8-12(3)13(17)16(9-7-2)11-14(4,5)10-15/h12H,6-11,15H2,1-5H3. The molecule has 1 atom stereocenters. The van der Waals surface area contributed by atoms with Crippen LogP contribution in [0.4, 0.5) is 0 Å². The second-order valence-electron chi connectivity index (χ2n) is 5.82. The third-order valence-electron chi connectivity index (χ3n) is 3.12. The summed E-state index contributed by atoms with van der Waals surface area (Å²) in [5.41, 5.74) is 5.76. The number of carbonyl (C=O) groups excluding carboxylic acids is 1. The van der Waals surface area contributed by atoms with E-state index in [4.69, 9.17) is 5.73 Å². The van der Waals surface area contributed by atoms with E-state index in [0.29, 0.717) is 6.54 Å². The van der Waals surface area contributed by atoms with E-state index < -0.39 is 0 Å². The zero-order valence-corrected chi connectivity index (χ0v) is 12.3. The number of nitrogens with two attached hydrogens (primary N) is 1. The fraction of sp³-hybridized carbons (Fsp3) is 0.929. The molecular formula is C14H30N2O. The van der Waals surface area contributed by atoms with Gasteiger partial charge < -0.3 is 10.6 Å². The molecule has 3 nitrogen and oxygen atoms in total. The van der Waals surface area contributed by atoms with Crippen LogP contribution < -0.4 is 5.73 Å². The van der Waals surface area contributed by atoms with E-state index >= 15 is 0 Å². The largest absolute Gasteiger partial charge is 0.342 e. The predicted octanol–water partition coefficient (Wildman–Crippen LogP) is 2.65. The zero-order valence-electron chi connectivity index (χ0n) is 12.3. The minimum absolute atomic E-state index is 0.0107. The fourth-order valence-corrected chi connectivity index (χ4v) is 1.99. The van der Waals surface area contributed by atoms with Gasteiger partial charge in [-0.1, -0.05) is 41.0 Å². The fourth-order valence-electron chi connectivity index (χ4n) is 1.99. The monoisotopic (exact) mass is 242 g/mol. The van der Waals surface area contributed by atoms with E-state index in [1.807, 2.05) is 11.8 Å². The molecule has 0 aromatic rings. The summed E-state index contributed by atoms with van der Waals surface area (Å²) in [5.74, 6) is 0.426. The van der Waals surface area contributed by atoms with Crippen LogP contribution in [0.1, 0.15) is 53.9 Å². The maximum Gasteiger partial charge on any atom is 0.225 e. The molecule has 0 saturated carbocycles. The number of hydrogen-bond acceptors (Lipinski definition) is 2. The molecule has 0 aliphatic rings. The Hall–Kier alpha value is -0.570. The van der Waals surface area contributed by atoms with E-state index in [2.05, 4.69) is 27.7 Å². The lowest BCUT2D eigenvalue weighted by atomic mass is 9.92. The van der Waals surface area contributed by atoms with Crippen LogP contribution in [0.5, 0.6) is 0 Å². The average molecular weight is 242 g/mol. The molecule has 0 saturated heterocycles. The van der Waals surface area contributed by atoms with Crippen LogP contribution in [0, 0.1) is 11.3 Å². The molecule has 0 aromatic carbocycles. The summed E-state index contributed by atoms with van der Waals surface area (Å²) in [6.07, 6.45) is 3.04. The number of nitrogens with zero attached hydrogens (tertiary/aromatic N) is 1. The Bertz CT molecular complexity index is 226. The SMILES string of the molecule is CCCC(C)C(=O)N(CCC)CC(C)(C)CN. The minimum atomic E-state index is 0.0107. The van der Waals surface area contributed by atoms with E-state index in [-0.39, 0.29) is 17.2 Å². The van der Waals surface area contributed by atoms with Gasteiger partial charge in [0.15, 0.2) is 0 Å². The summed E-state index contributed by atoms with van der Waals surface area (Å²) < 4.78 is 0. The first-order valence-electron chi connectivity index (χ1n) is 6.86. The number of hydrogen-bond donors (Lipinski definition) is 1. The molecule has 2 N–H and O–H groups in total. The molecule has 3 heteroatoms. The van der Waals surface area contributed by atoms with Crippen LogP contribution in [0.2, 0.25) is 0 Å². The maximum absolute atomic E-state index is 12.3. The smallest absolute Gasteiger partial charge is 0.225 e. The van der Waals surface area contributed by atoms with Crippen molar-refractivity contribution in [1.82, 2.24) is 4.90 Å². The van der Waals surface area contributed by atoms with Gasteiger partial charge in [0.05, 0.1) is 0 Å². The summed E-state index contributed by atoms with van der Waals surface area (Å²) in [4.78, 5) is 14.3. The van der Waals surface area contributed by atoms with Crippen molar-refractivity contribution in [3.05, 3.63) is 0 Å². The highest BCUT2D eigenvalue weighted by atomic mass is 16.2. The summed E-state index contributed by atoms with van der Waals surface area (Å²) >= 11 is 0. The van der Waals surface area contributed by atoms with Crippen molar-refractivity contribution in [3.63, 3.8) is 0 Å². The molecule has 1 unspecified atom stereocenters. The van der Waals surface area contributed by atoms with E-state index in [1.165, 1.54) is 0 Å². The Balaban J connectivity index is 4.56. The lowest BCUT2D eigenvalue weighted by molar-refractivity contribution is -0.136. The Kier molecular flexibility index (Phi) is 7.44. The normalized spacial score (nSPS) is 13.5. The Labute approximate surface area is 107 Å². The van der Waals surface area contributed by atoms with Gasteiger partial charge in [-0.05, 0) is 24.8 Å². The van der Waals surface area contributed by atoms with Gasteiger partial charge in [-0.15, -0.1) is 0 Å². The van der Waals surface area contributed by atoms with Crippen LogP contribution in [-0.2, 0) is 4.79 Å². The molecule has 0 spiro atoms. The highest BCUT2D eigenvalue weighted by Crippen LogP contribution is 2.18. The molecule has 0 rings (SSSR count). The van der Waals surface area contributed by atoms with E-state index in [9.17, 15) is 4.79 Å². The second kappa shape index (κ2) is 7.70. The number of amides is 1. The number of carbonyl (C=O) groups is 1. The van der Waals surface area contributed by atoms with Crippen molar-refractivity contribution < 1.29 is 4.79 Å². The minimum Gasteiger partial charge on any atom is -0.342 e. The van der Waals surface area contributed by atoms with Crippen molar-refractivity contribution in [2.24, 2.45) is 17.1 Å². The second-order valence-corrected chi connectivity index (χ2v) is 5.82. The molecule has 0 aliphatic heterocycles. The average Bonchev–Trinajstić information content (AvgIpc) is 2.27. The quantitative estimate of drug-likeness (QED) is 0.711. The Morgan fingerprint density at radius 1 is 1.29 bits per heavy atom. The molecule has 17 heavy (non-hydrogen) atoms. The van der Waals surface area contributed by atoms with Gasteiger partial charge >= 0.3 is 0 Å². The Morgan fingerprint density at radius 2 is 1.88 bits per heavy atom. The molecule has 0 aromatic heterocycles. The lowest BCUT2D eigenvalue weighted by Gasteiger charge is -2.33. The van der Waals surface area contributed by atoms with E-state index in [1.54, 1.807) is 0 Å². The van der Waals surface area contributed by atoms with Gasteiger partial charge in [0.25, 0.3) is 0 Å². The van der Waals surface area contributed by atoms with Gasteiger partial charge in [0, 0.05) is 19.0 Å². The molecular weight excluding hydrogens is 212 g/mol. The van der Waals surface area contributed by atoms with Crippen LogP contribution in [-0.4, -0.2) is 30.4 Å². The summed E-state index contributed by atoms with van der Waals surface area (Å²) in [6.45, 7) is 12.7. The lowest BCUT2D eigenvalue weighted by Crippen LogP contribution is -2.44. The van der Waals surface area contributed by atoms with Crippen LogP contribution >= 0.6 is 0 Å². The van der Waals surface area contributed by atoms with Gasteiger partial charge in [-0.2, -0.15) is 0 Å². The van der Waals surface area contributed by atoms with Gasteiger partial charge in [-0.3, -0.25) is 4.79 Å².